The number of aryl methyl sites for hydroxylation is 1. The predicted octanol–water partition coefficient (Wildman–Crippen LogP) is 4.49. The van der Waals surface area contributed by atoms with E-state index in [1.807, 2.05) is 76.2 Å². The van der Waals surface area contributed by atoms with E-state index in [0.29, 0.717) is 26.0 Å². The van der Waals surface area contributed by atoms with Gasteiger partial charge >= 0.3 is 0 Å². The monoisotopic (exact) mass is 440 g/mol. The van der Waals surface area contributed by atoms with E-state index in [1.54, 1.807) is 18.9 Å². The van der Waals surface area contributed by atoms with Crippen LogP contribution in [0.15, 0.2) is 48.5 Å². The summed E-state index contributed by atoms with van der Waals surface area (Å²) in [5.41, 5.74) is 1.78. The van der Waals surface area contributed by atoms with E-state index in [2.05, 4.69) is 5.32 Å². The van der Waals surface area contributed by atoms with Gasteiger partial charge in [0.15, 0.2) is 0 Å². The van der Waals surface area contributed by atoms with Crippen molar-refractivity contribution in [3.63, 3.8) is 0 Å². The molecule has 2 amide bonds. The molecule has 0 bridgehead atoms. The van der Waals surface area contributed by atoms with Gasteiger partial charge in [-0.05, 0) is 70.9 Å². The number of methoxy groups -OCH3 is 1. The number of ether oxygens (including phenoxy) is 2. The number of nitrogens with zero attached hydrogens (tertiary/aromatic N) is 1. The van der Waals surface area contributed by atoms with Gasteiger partial charge in [-0.3, -0.25) is 9.59 Å². The summed E-state index contributed by atoms with van der Waals surface area (Å²) in [6, 6.07) is 14.8. The van der Waals surface area contributed by atoms with Crippen molar-refractivity contribution in [1.29, 1.82) is 0 Å². The predicted molar refractivity (Wildman–Crippen MR) is 127 cm³/mol. The van der Waals surface area contributed by atoms with E-state index in [1.165, 1.54) is 0 Å². The number of amides is 2. The lowest BCUT2D eigenvalue weighted by atomic mass is 10.1. The minimum Gasteiger partial charge on any atom is -0.497 e. The smallest absolute Gasteiger partial charge is 0.242 e. The fourth-order valence-corrected chi connectivity index (χ4v) is 3.18. The van der Waals surface area contributed by atoms with Crippen LogP contribution in [0.3, 0.4) is 0 Å². The average molecular weight is 441 g/mol. The van der Waals surface area contributed by atoms with Crippen molar-refractivity contribution < 1.29 is 19.1 Å². The van der Waals surface area contributed by atoms with Crippen LogP contribution < -0.4 is 14.8 Å². The van der Waals surface area contributed by atoms with Crippen LogP contribution >= 0.6 is 0 Å². The molecule has 1 N–H and O–H groups in total. The zero-order chi connectivity index (χ0) is 23.7. The number of carbonyl (C=O) groups excluding carboxylic acids is 2. The lowest BCUT2D eigenvalue weighted by Gasteiger charge is -2.31. The van der Waals surface area contributed by atoms with Gasteiger partial charge in [-0.2, -0.15) is 0 Å². The first-order valence-electron chi connectivity index (χ1n) is 11.0. The third-order valence-electron chi connectivity index (χ3n) is 5.00. The van der Waals surface area contributed by atoms with Gasteiger partial charge in [-0.1, -0.05) is 29.8 Å². The summed E-state index contributed by atoms with van der Waals surface area (Å²) in [5, 5.41) is 2.98. The Balaban J connectivity index is 1.99. The van der Waals surface area contributed by atoms with Crippen molar-refractivity contribution in [2.24, 2.45) is 0 Å². The lowest BCUT2D eigenvalue weighted by Crippen LogP contribution is -2.52. The molecular formula is C26H36N2O4. The highest BCUT2D eigenvalue weighted by atomic mass is 16.5. The molecular weight excluding hydrogens is 404 g/mol. The first-order chi connectivity index (χ1) is 15.1. The van der Waals surface area contributed by atoms with Crippen molar-refractivity contribution in [1.82, 2.24) is 10.2 Å². The highest BCUT2D eigenvalue weighted by molar-refractivity contribution is 5.87. The molecule has 0 saturated heterocycles. The van der Waals surface area contributed by atoms with Crippen molar-refractivity contribution in [3.05, 3.63) is 59.7 Å². The molecule has 0 unspecified atom stereocenters. The van der Waals surface area contributed by atoms with E-state index >= 15 is 0 Å². The van der Waals surface area contributed by atoms with Gasteiger partial charge < -0.3 is 19.7 Å². The molecule has 0 aliphatic rings. The highest BCUT2D eigenvalue weighted by Gasteiger charge is 2.28. The Morgan fingerprint density at radius 3 is 2.16 bits per heavy atom. The maximum absolute atomic E-state index is 13.1. The molecule has 0 spiro atoms. The molecule has 0 aliphatic heterocycles. The minimum absolute atomic E-state index is 0.0690. The number of rotatable bonds is 10. The molecule has 0 aliphatic carbocycles. The van der Waals surface area contributed by atoms with Gasteiger partial charge in [0.25, 0.3) is 0 Å². The number of carbonyl (C=O) groups is 2. The van der Waals surface area contributed by atoms with Crippen molar-refractivity contribution in [2.45, 2.75) is 65.6 Å². The number of hydrogen-bond donors (Lipinski definition) is 1. The van der Waals surface area contributed by atoms with Gasteiger partial charge in [0.1, 0.15) is 17.5 Å². The second-order valence-corrected chi connectivity index (χ2v) is 9.05. The Morgan fingerprint density at radius 1 is 1.00 bits per heavy atom. The zero-order valence-corrected chi connectivity index (χ0v) is 20.1. The van der Waals surface area contributed by atoms with Gasteiger partial charge in [0.2, 0.25) is 11.8 Å². The van der Waals surface area contributed by atoms with Crippen molar-refractivity contribution in [3.8, 4) is 11.5 Å². The molecule has 0 saturated carbocycles. The third-order valence-corrected chi connectivity index (χ3v) is 5.00. The summed E-state index contributed by atoms with van der Waals surface area (Å²) >= 11 is 0. The molecule has 6 heteroatoms. The molecule has 6 nitrogen and oxygen atoms in total. The molecule has 1 atom stereocenters. The van der Waals surface area contributed by atoms with E-state index in [-0.39, 0.29) is 17.4 Å². The first-order valence-corrected chi connectivity index (χ1v) is 11.0. The topological polar surface area (TPSA) is 67.9 Å². The molecule has 2 aromatic carbocycles. The number of benzene rings is 2. The molecule has 0 heterocycles. The van der Waals surface area contributed by atoms with E-state index in [4.69, 9.17) is 9.47 Å². The molecule has 0 radical (unpaired) electrons. The Hall–Kier alpha value is -3.02. The number of nitrogens with one attached hydrogen (secondary N) is 1. The van der Waals surface area contributed by atoms with Crippen LogP contribution in [0, 0.1) is 6.92 Å². The normalized spacial score (nSPS) is 12.1. The van der Waals surface area contributed by atoms with Gasteiger partial charge in [-0.25, -0.2) is 0 Å². The Bertz CT molecular complexity index is 870. The maximum atomic E-state index is 13.1. The Morgan fingerprint density at radius 2 is 1.59 bits per heavy atom. The first kappa shape index (κ1) is 25.2. The van der Waals surface area contributed by atoms with E-state index < -0.39 is 6.04 Å². The molecule has 0 fully saturated rings. The zero-order valence-electron chi connectivity index (χ0n) is 20.1. The average Bonchev–Trinajstić information content (AvgIpc) is 2.75. The molecule has 2 rings (SSSR count). The quantitative estimate of drug-likeness (QED) is 0.553. The molecule has 174 valence electrons. The Kier molecular flexibility index (Phi) is 9.12. The Labute approximate surface area is 191 Å². The van der Waals surface area contributed by atoms with E-state index in [9.17, 15) is 9.59 Å². The third kappa shape index (κ3) is 8.25. The second-order valence-electron chi connectivity index (χ2n) is 9.05. The number of hydrogen-bond acceptors (Lipinski definition) is 4. The van der Waals surface area contributed by atoms with Crippen molar-refractivity contribution >= 4 is 11.8 Å². The largest absolute Gasteiger partial charge is 0.497 e. The summed E-state index contributed by atoms with van der Waals surface area (Å²) in [5.74, 6) is 1.27. The van der Waals surface area contributed by atoms with E-state index in [0.717, 1.165) is 22.6 Å². The standard InChI is InChI=1S/C26H36N2O4/c1-19-9-11-21(12-10-19)18-28(20(2)25(30)27-26(3,4)5)24(29)8-7-17-32-23-15-13-22(31-6)14-16-23/h9-16,20H,7-8,17-18H2,1-6H3,(H,27,30)/t20-/m1/s1. The van der Waals surface area contributed by atoms with Crippen LogP contribution in [0.5, 0.6) is 11.5 Å². The highest BCUT2D eigenvalue weighted by Crippen LogP contribution is 2.18. The van der Waals surface area contributed by atoms with Gasteiger partial charge in [0, 0.05) is 18.5 Å². The molecule has 32 heavy (non-hydrogen) atoms. The molecule has 0 aromatic heterocycles. The summed E-state index contributed by atoms with van der Waals surface area (Å²) in [6.45, 7) is 10.4. The summed E-state index contributed by atoms with van der Waals surface area (Å²) in [6.07, 6.45) is 0.859. The lowest BCUT2D eigenvalue weighted by molar-refractivity contribution is -0.141. The van der Waals surface area contributed by atoms with Crippen LogP contribution in [0.2, 0.25) is 0 Å². The van der Waals surface area contributed by atoms with Gasteiger partial charge in [0.05, 0.1) is 13.7 Å². The summed E-state index contributed by atoms with van der Waals surface area (Å²) < 4.78 is 10.9. The second kappa shape index (κ2) is 11.6. The summed E-state index contributed by atoms with van der Waals surface area (Å²) in [7, 11) is 1.62. The maximum Gasteiger partial charge on any atom is 0.242 e. The van der Waals surface area contributed by atoms with Crippen LogP contribution in [-0.4, -0.2) is 42.0 Å². The molecule has 2 aromatic rings. The van der Waals surface area contributed by atoms with Crippen LogP contribution in [0.4, 0.5) is 0 Å². The van der Waals surface area contributed by atoms with Crippen LogP contribution in [0.25, 0.3) is 0 Å². The van der Waals surface area contributed by atoms with Crippen LogP contribution in [-0.2, 0) is 16.1 Å². The summed E-state index contributed by atoms with van der Waals surface area (Å²) in [4.78, 5) is 27.5. The van der Waals surface area contributed by atoms with Crippen LogP contribution in [0.1, 0.15) is 51.7 Å². The fourth-order valence-electron chi connectivity index (χ4n) is 3.18. The minimum atomic E-state index is -0.578. The van der Waals surface area contributed by atoms with Crippen molar-refractivity contribution in [2.75, 3.05) is 13.7 Å². The van der Waals surface area contributed by atoms with Gasteiger partial charge in [-0.15, -0.1) is 0 Å². The SMILES string of the molecule is COc1ccc(OCCCC(=O)N(Cc2ccc(C)cc2)[C@H](C)C(=O)NC(C)(C)C)cc1. The fraction of sp³-hybridized carbons (Fsp3) is 0.462.